The molecule has 18 heavy (non-hydrogen) atoms. The second kappa shape index (κ2) is 4.26. The number of rotatable bonds is 3. The maximum absolute atomic E-state index is 11.6. The molecule has 0 fully saturated rings. The zero-order valence-electron chi connectivity index (χ0n) is 9.46. The number of nitrogen functional groups attached to an aromatic ring is 1. The van der Waals surface area contributed by atoms with Crippen molar-refractivity contribution in [3.63, 3.8) is 0 Å². The SMILES string of the molecule is Nc1nc2c(ncn2CCc2cccs2)c(=O)[nH]1. The van der Waals surface area contributed by atoms with Crippen molar-refractivity contribution < 1.29 is 0 Å². The molecule has 3 heterocycles. The van der Waals surface area contributed by atoms with Crippen LogP contribution in [0, 0.1) is 0 Å². The molecule has 0 atom stereocenters. The molecular weight excluding hydrogens is 250 g/mol. The lowest BCUT2D eigenvalue weighted by Crippen LogP contribution is -2.12. The van der Waals surface area contributed by atoms with Gasteiger partial charge < -0.3 is 10.3 Å². The molecule has 0 spiro atoms. The number of anilines is 1. The minimum Gasteiger partial charge on any atom is -0.369 e. The maximum Gasteiger partial charge on any atom is 0.280 e. The Morgan fingerprint density at radius 3 is 3.17 bits per heavy atom. The Morgan fingerprint density at radius 1 is 1.50 bits per heavy atom. The van der Waals surface area contributed by atoms with E-state index < -0.39 is 0 Å². The second-order valence-electron chi connectivity index (χ2n) is 3.89. The summed E-state index contributed by atoms with van der Waals surface area (Å²) in [5, 5.41) is 2.04. The Kier molecular flexibility index (Phi) is 2.60. The van der Waals surface area contributed by atoms with Crippen molar-refractivity contribution >= 4 is 28.4 Å². The predicted molar refractivity (Wildman–Crippen MR) is 70.6 cm³/mol. The third-order valence-corrected chi connectivity index (χ3v) is 3.61. The highest BCUT2D eigenvalue weighted by molar-refractivity contribution is 7.09. The number of fused-ring (bicyclic) bond motifs is 1. The molecule has 3 rings (SSSR count). The van der Waals surface area contributed by atoms with Crippen LogP contribution in [0.2, 0.25) is 0 Å². The molecule has 0 aliphatic carbocycles. The van der Waals surface area contributed by atoms with Crippen molar-refractivity contribution in [2.45, 2.75) is 13.0 Å². The molecule has 0 saturated heterocycles. The summed E-state index contributed by atoms with van der Waals surface area (Å²) in [6.45, 7) is 0.729. The van der Waals surface area contributed by atoms with Gasteiger partial charge in [0.1, 0.15) is 0 Å². The number of hydrogen-bond acceptors (Lipinski definition) is 5. The molecule has 0 saturated carbocycles. The summed E-state index contributed by atoms with van der Waals surface area (Å²) < 4.78 is 1.85. The molecule has 7 heteroatoms. The van der Waals surface area contributed by atoms with Crippen LogP contribution in [0.1, 0.15) is 4.88 Å². The van der Waals surface area contributed by atoms with Crippen molar-refractivity contribution in [1.82, 2.24) is 19.5 Å². The summed E-state index contributed by atoms with van der Waals surface area (Å²) in [5.74, 6) is 0.116. The Hall–Kier alpha value is -2.15. The maximum atomic E-state index is 11.6. The lowest BCUT2D eigenvalue weighted by atomic mass is 10.3. The first-order chi connectivity index (χ1) is 8.74. The van der Waals surface area contributed by atoms with E-state index in [2.05, 4.69) is 21.0 Å². The number of thiophene rings is 1. The molecule has 3 aromatic rings. The summed E-state index contributed by atoms with van der Waals surface area (Å²) >= 11 is 1.71. The van der Waals surface area contributed by atoms with Crippen LogP contribution in [0.5, 0.6) is 0 Å². The number of aryl methyl sites for hydroxylation is 2. The van der Waals surface area contributed by atoms with Crippen LogP contribution < -0.4 is 11.3 Å². The Morgan fingerprint density at radius 2 is 2.39 bits per heavy atom. The van der Waals surface area contributed by atoms with Crippen LogP contribution in [-0.4, -0.2) is 19.5 Å². The largest absolute Gasteiger partial charge is 0.369 e. The van der Waals surface area contributed by atoms with Crippen molar-refractivity contribution in [2.24, 2.45) is 0 Å². The summed E-state index contributed by atoms with van der Waals surface area (Å²) in [7, 11) is 0. The van der Waals surface area contributed by atoms with E-state index in [1.54, 1.807) is 17.7 Å². The fourth-order valence-electron chi connectivity index (χ4n) is 1.82. The van der Waals surface area contributed by atoms with Crippen LogP contribution in [0.15, 0.2) is 28.6 Å². The summed E-state index contributed by atoms with van der Waals surface area (Å²) in [4.78, 5) is 23.5. The fraction of sp³-hybridized carbons (Fsp3) is 0.182. The molecule has 0 unspecified atom stereocenters. The lowest BCUT2D eigenvalue weighted by Gasteiger charge is -2.02. The van der Waals surface area contributed by atoms with E-state index in [9.17, 15) is 4.79 Å². The number of H-pyrrole nitrogens is 1. The number of nitrogens with two attached hydrogens (primary N) is 1. The highest BCUT2D eigenvalue weighted by Gasteiger charge is 2.09. The molecule has 92 valence electrons. The molecule has 0 amide bonds. The first-order valence-corrected chi connectivity index (χ1v) is 6.35. The fourth-order valence-corrected chi connectivity index (χ4v) is 2.52. The second-order valence-corrected chi connectivity index (χ2v) is 4.92. The van der Waals surface area contributed by atoms with Crippen LogP contribution in [0.25, 0.3) is 11.2 Å². The zero-order valence-corrected chi connectivity index (χ0v) is 10.3. The highest BCUT2D eigenvalue weighted by Crippen LogP contribution is 2.12. The smallest absolute Gasteiger partial charge is 0.280 e. The van der Waals surface area contributed by atoms with Gasteiger partial charge in [-0.1, -0.05) is 6.07 Å². The van der Waals surface area contributed by atoms with Crippen molar-refractivity contribution in [2.75, 3.05) is 5.73 Å². The number of nitrogens with one attached hydrogen (secondary N) is 1. The summed E-state index contributed by atoms with van der Waals surface area (Å²) in [5.41, 5.74) is 6.10. The molecule has 0 bridgehead atoms. The normalized spacial score (nSPS) is 11.1. The molecule has 6 nitrogen and oxygen atoms in total. The minimum atomic E-state index is -0.299. The monoisotopic (exact) mass is 261 g/mol. The standard InChI is InChI=1S/C11H11N5OS/c12-11-14-9-8(10(17)15-11)13-6-16(9)4-3-7-2-1-5-18-7/h1-2,5-6H,3-4H2,(H3,12,14,15,17). The zero-order chi connectivity index (χ0) is 12.5. The third kappa shape index (κ3) is 1.88. The van der Waals surface area contributed by atoms with Gasteiger partial charge in [0, 0.05) is 11.4 Å². The quantitative estimate of drug-likeness (QED) is 0.736. The topological polar surface area (TPSA) is 89.6 Å². The van der Waals surface area contributed by atoms with Gasteiger partial charge in [0.15, 0.2) is 11.2 Å². The van der Waals surface area contributed by atoms with E-state index in [0.717, 1.165) is 13.0 Å². The number of imidazole rings is 1. The average molecular weight is 261 g/mol. The van der Waals surface area contributed by atoms with Gasteiger partial charge in [0.2, 0.25) is 5.95 Å². The Balaban J connectivity index is 1.95. The van der Waals surface area contributed by atoms with Gasteiger partial charge in [0.25, 0.3) is 5.56 Å². The van der Waals surface area contributed by atoms with Crippen molar-refractivity contribution in [3.05, 3.63) is 39.1 Å². The number of hydrogen-bond donors (Lipinski definition) is 2. The number of nitrogens with zero attached hydrogens (tertiary/aromatic N) is 3. The Labute approximate surface area is 106 Å². The third-order valence-electron chi connectivity index (χ3n) is 2.67. The van der Waals surface area contributed by atoms with Gasteiger partial charge in [-0.2, -0.15) is 4.98 Å². The van der Waals surface area contributed by atoms with E-state index in [0.29, 0.717) is 11.2 Å². The van der Waals surface area contributed by atoms with Gasteiger partial charge in [-0.25, -0.2) is 4.98 Å². The van der Waals surface area contributed by atoms with E-state index in [1.807, 2.05) is 16.0 Å². The Bertz CT molecular complexity index is 728. The van der Waals surface area contributed by atoms with Gasteiger partial charge in [-0.3, -0.25) is 9.78 Å². The van der Waals surface area contributed by atoms with E-state index in [4.69, 9.17) is 5.73 Å². The van der Waals surface area contributed by atoms with Crippen LogP contribution in [0.4, 0.5) is 5.95 Å². The summed E-state index contributed by atoms with van der Waals surface area (Å²) in [6.07, 6.45) is 2.51. The van der Waals surface area contributed by atoms with E-state index in [1.165, 1.54) is 4.88 Å². The van der Waals surface area contributed by atoms with Crippen LogP contribution >= 0.6 is 11.3 Å². The molecule has 0 radical (unpaired) electrons. The van der Waals surface area contributed by atoms with Crippen LogP contribution in [0.3, 0.4) is 0 Å². The van der Waals surface area contributed by atoms with E-state index >= 15 is 0 Å². The van der Waals surface area contributed by atoms with Gasteiger partial charge >= 0.3 is 0 Å². The molecule has 0 aliphatic heterocycles. The lowest BCUT2D eigenvalue weighted by molar-refractivity contribution is 0.715. The minimum absolute atomic E-state index is 0.116. The molecule has 3 N–H and O–H groups in total. The van der Waals surface area contributed by atoms with E-state index in [-0.39, 0.29) is 11.5 Å². The molecule has 3 aromatic heterocycles. The highest BCUT2D eigenvalue weighted by atomic mass is 32.1. The van der Waals surface area contributed by atoms with Crippen molar-refractivity contribution in [1.29, 1.82) is 0 Å². The number of aromatic amines is 1. The predicted octanol–water partition coefficient (Wildman–Crippen LogP) is 1.01. The summed E-state index contributed by atoms with van der Waals surface area (Å²) in [6, 6.07) is 4.10. The average Bonchev–Trinajstić information content (AvgIpc) is 2.94. The van der Waals surface area contributed by atoms with Gasteiger partial charge in [-0.05, 0) is 17.9 Å². The first kappa shape index (κ1) is 11.0. The number of aromatic nitrogens is 4. The molecule has 0 aliphatic rings. The van der Waals surface area contributed by atoms with Gasteiger partial charge in [0.05, 0.1) is 6.33 Å². The molecular formula is C11H11N5OS. The van der Waals surface area contributed by atoms with Gasteiger partial charge in [-0.15, -0.1) is 11.3 Å². The van der Waals surface area contributed by atoms with Crippen LogP contribution in [-0.2, 0) is 13.0 Å². The first-order valence-electron chi connectivity index (χ1n) is 5.47. The molecule has 0 aromatic carbocycles. The van der Waals surface area contributed by atoms with Crippen molar-refractivity contribution in [3.8, 4) is 0 Å².